The molecule has 1 aromatic heterocycles. The summed E-state index contributed by atoms with van der Waals surface area (Å²) >= 11 is 0. The van der Waals surface area contributed by atoms with Gasteiger partial charge in [-0.3, -0.25) is 19.2 Å². The van der Waals surface area contributed by atoms with Gasteiger partial charge in [0.15, 0.2) is 0 Å². The quantitative estimate of drug-likeness (QED) is 0.549. The average molecular weight is 363 g/mol. The Hall–Kier alpha value is -3.36. The van der Waals surface area contributed by atoms with Crippen molar-refractivity contribution in [2.75, 3.05) is 0 Å². The van der Waals surface area contributed by atoms with Gasteiger partial charge in [-0.2, -0.15) is 0 Å². The van der Waals surface area contributed by atoms with E-state index in [1.54, 1.807) is 13.1 Å². The highest BCUT2D eigenvalue weighted by atomic mass is 16.4. The first-order valence-electron chi connectivity index (χ1n) is 7.60. The number of aryl methyl sites for hydroxylation is 1. The monoisotopic (exact) mass is 363 g/mol. The van der Waals surface area contributed by atoms with Crippen LogP contribution in [0, 0.1) is 0 Å². The summed E-state index contributed by atoms with van der Waals surface area (Å²) in [6.07, 6.45) is -1.18. The molecule has 0 radical (unpaired) electrons. The maximum Gasteiger partial charge on any atom is 0.313 e. The van der Waals surface area contributed by atoms with Crippen LogP contribution in [0.4, 0.5) is 0 Å². The smallest absolute Gasteiger partial charge is 0.313 e. The molecule has 0 aliphatic heterocycles. The number of aromatic nitrogens is 1. The molecule has 2 atom stereocenters. The first-order chi connectivity index (χ1) is 12.1. The van der Waals surface area contributed by atoms with Gasteiger partial charge < -0.3 is 25.0 Å². The van der Waals surface area contributed by atoms with Crippen molar-refractivity contribution in [3.8, 4) is 0 Å². The third kappa shape index (κ3) is 3.82. The largest absolute Gasteiger partial charge is 0.481 e. The van der Waals surface area contributed by atoms with Gasteiger partial charge in [-0.05, 0) is 23.8 Å². The van der Waals surface area contributed by atoms with E-state index in [4.69, 9.17) is 10.2 Å². The van der Waals surface area contributed by atoms with E-state index < -0.39 is 48.6 Å². The Morgan fingerprint density at radius 1 is 0.885 bits per heavy atom. The number of hydrogen-bond acceptors (Lipinski definition) is 4. The van der Waals surface area contributed by atoms with E-state index in [9.17, 15) is 29.4 Å². The van der Waals surface area contributed by atoms with Crippen LogP contribution >= 0.6 is 0 Å². The number of carboxylic acids is 4. The van der Waals surface area contributed by atoms with Gasteiger partial charge in [0.1, 0.15) is 5.92 Å². The summed E-state index contributed by atoms with van der Waals surface area (Å²) in [6, 6.07) is 6.01. The lowest BCUT2D eigenvalue weighted by Crippen LogP contribution is -2.18. The Labute approximate surface area is 147 Å². The fourth-order valence-electron chi connectivity index (χ4n) is 2.96. The molecule has 9 heteroatoms. The van der Waals surface area contributed by atoms with E-state index in [0.717, 1.165) is 0 Å². The Balaban J connectivity index is 2.53. The summed E-state index contributed by atoms with van der Waals surface area (Å²) in [5.74, 6) is -7.57. The first kappa shape index (κ1) is 19.0. The molecule has 0 saturated carbocycles. The Morgan fingerprint density at radius 3 is 1.92 bits per heavy atom. The maximum atomic E-state index is 11.4. The van der Waals surface area contributed by atoms with Gasteiger partial charge in [-0.25, -0.2) is 0 Å². The Kier molecular flexibility index (Phi) is 5.30. The van der Waals surface area contributed by atoms with Crippen molar-refractivity contribution in [1.29, 1.82) is 0 Å². The van der Waals surface area contributed by atoms with Gasteiger partial charge in [-0.1, -0.05) is 6.07 Å². The van der Waals surface area contributed by atoms with Crippen molar-refractivity contribution in [3.63, 3.8) is 0 Å². The highest BCUT2D eigenvalue weighted by Crippen LogP contribution is 2.30. The third-order valence-electron chi connectivity index (χ3n) is 4.22. The van der Waals surface area contributed by atoms with Crippen LogP contribution in [0.5, 0.6) is 0 Å². The summed E-state index contributed by atoms with van der Waals surface area (Å²) in [5.41, 5.74) is 1.12. The van der Waals surface area contributed by atoms with Crippen LogP contribution in [0.25, 0.3) is 10.9 Å². The molecule has 138 valence electrons. The summed E-state index contributed by atoms with van der Waals surface area (Å²) in [6.45, 7) is 0. The van der Waals surface area contributed by atoms with Crippen LogP contribution in [0.2, 0.25) is 0 Å². The highest BCUT2D eigenvalue weighted by molar-refractivity contribution is 5.89. The van der Waals surface area contributed by atoms with Crippen LogP contribution in [0.1, 0.15) is 35.9 Å². The molecule has 0 spiro atoms. The van der Waals surface area contributed by atoms with Gasteiger partial charge >= 0.3 is 23.9 Å². The van der Waals surface area contributed by atoms with Gasteiger partial charge in [0.2, 0.25) is 0 Å². The van der Waals surface area contributed by atoms with Crippen molar-refractivity contribution < 1.29 is 39.6 Å². The van der Waals surface area contributed by atoms with Gasteiger partial charge in [0.05, 0.1) is 18.8 Å². The fraction of sp³-hybridized carbons (Fsp3) is 0.294. The summed E-state index contributed by atoms with van der Waals surface area (Å²) in [5, 5.41) is 36.9. The van der Waals surface area contributed by atoms with E-state index in [1.165, 1.54) is 22.8 Å². The van der Waals surface area contributed by atoms with Crippen LogP contribution in [-0.4, -0.2) is 48.9 Å². The summed E-state index contributed by atoms with van der Waals surface area (Å²) < 4.78 is 1.54. The van der Waals surface area contributed by atoms with Crippen molar-refractivity contribution in [2.45, 2.75) is 24.7 Å². The number of carboxylic acid groups (broad SMARTS) is 4. The minimum absolute atomic E-state index is 0.261. The summed E-state index contributed by atoms with van der Waals surface area (Å²) in [7, 11) is 1.58. The molecule has 2 unspecified atom stereocenters. The molecule has 0 fully saturated rings. The number of aliphatic carboxylic acids is 4. The molecular formula is C17H17NO8. The summed E-state index contributed by atoms with van der Waals surface area (Å²) in [4.78, 5) is 44.6. The van der Waals surface area contributed by atoms with E-state index in [-0.39, 0.29) is 11.3 Å². The molecular weight excluding hydrogens is 346 g/mol. The number of benzene rings is 1. The molecule has 2 aromatic rings. The second-order valence-corrected chi connectivity index (χ2v) is 5.92. The van der Waals surface area contributed by atoms with Crippen LogP contribution in [0.3, 0.4) is 0 Å². The average Bonchev–Trinajstić information content (AvgIpc) is 2.85. The minimum Gasteiger partial charge on any atom is -0.481 e. The molecule has 0 saturated heterocycles. The molecule has 0 aliphatic rings. The number of fused-ring (bicyclic) bond motifs is 1. The Bertz CT molecular complexity index is 898. The third-order valence-corrected chi connectivity index (χ3v) is 4.22. The topological polar surface area (TPSA) is 154 Å². The molecule has 1 heterocycles. The lowest BCUT2D eigenvalue weighted by molar-refractivity contribution is -0.145. The normalized spacial score (nSPS) is 13.3. The molecule has 0 aliphatic carbocycles. The Morgan fingerprint density at radius 2 is 1.42 bits per heavy atom. The second kappa shape index (κ2) is 7.26. The predicted octanol–water partition coefficient (Wildman–Crippen LogP) is 1.46. The maximum absolute atomic E-state index is 11.4. The molecule has 4 N–H and O–H groups in total. The zero-order valence-corrected chi connectivity index (χ0v) is 13.7. The molecule has 9 nitrogen and oxygen atoms in total. The second-order valence-electron chi connectivity index (χ2n) is 5.92. The van der Waals surface area contributed by atoms with Crippen molar-refractivity contribution in [3.05, 3.63) is 35.5 Å². The highest BCUT2D eigenvalue weighted by Gasteiger charge is 2.28. The van der Waals surface area contributed by atoms with Crippen molar-refractivity contribution in [1.82, 2.24) is 4.57 Å². The zero-order chi connectivity index (χ0) is 19.6. The standard InChI is InChI=1S/C17H17NO8/c1-18-12-3-2-8(10(16(23)24)6-14(19)20)4-9(12)5-13(18)11(17(25)26)7-15(21)22/h2-5,10-11H,6-7H2,1H3,(H,19,20)(H,21,22)(H,23,24)(H,25,26). The van der Waals surface area contributed by atoms with Crippen LogP contribution in [-0.2, 0) is 26.2 Å². The van der Waals surface area contributed by atoms with Crippen LogP contribution in [0.15, 0.2) is 24.3 Å². The number of carbonyl (C=O) groups is 4. The van der Waals surface area contributed by atoms with E-state index in [1.807, 2.05) is 0 Å². The lowest BCUT2D eigenvalue weighted by atomic mass is 9.94. The minimum atomic E-state index is -1.28. The number of rotatable bonds is 8. The zero-order valence-electron chi connectivity index (χ0n) is 13.7. The predicted molar refractivity (Wildman–Crippen MR) is 88.2 cm³/mol. The fourth-order valence-corrected chi connectivity index (χ4v) is 2.96. The number of hydrogen-bond donors (Lipinski definition) is 4. The van der Waals surface area contributed by atoms with E-state index >= 15 is 0 Å². The molecule has 26 heavy (non-hydrogen) atoms. The molecule has 0 bridgehead atoms. The van der Waals surface area contributed by atoms with Crippen LogP contribution < -0.4 is 0 Å². The first-order valence-corrected chi connectivity index (χ1v) is 7.60. The molecule has 2 rings (SSSR count). The van der Waals surface area contributed by atoms with Crippen molar-refractivity contribution >= 4 is 34.8 Å². The lowest BCUT2D eigenvalue weighted by Gasteiger charge is -2.12. The van der Waals surface area contributed by atoms with Gasteiger partial charge in [-0.15, -0.1) is 0 Å². The van der Waals surface area contributed by atoms with Gasteiger partial charge in [0, 0.05) is 23.6 Å². The van der Waals surface area contributed by atoms with Gasteiger partial charge in [0.25, 0.3) is 0 Å². The van der Waals surface area contributed by atoms with Crippen molar-refractivity contribution in [2.24, 2.45) is 7.05 Å². The number of nitrogens with zero attached hydrogens (tertiary/aromatic N) is 1. The van der Waals surface area contributed by atoms with E-state index in [2.05, 4.69) is 0 Å². The molecule has 1 aromatic carbocycles. The molecule has 0 amide bonds. The SMILES string of the molecule is Cn1c(C(CC(=O)O)C(=O)O)cc2cc(C(CC(=O)O)C(=O)O)ccc21. The van der Waals surface area contributed by atoms with E-state index in [0.29, 0.717) is 10.9 Å².